The average Bonchev–Trinajstić information content (AvgIpc) is 3.28. The number of nitro benzene ring substituents is 1. The largest absolute Gasteiger partial charge is 0.493 e. The average molecular weight is 408 g/mol. The molecule has 1 fully saturated rings. The van der Waals surface area contributed by atoms with E-state index in [1.165, 1.54) is 12.1 Å². The number of nitrogens with zero attached hydrogens (tertiary/aromatic N) is 4. The summed E-state index contributed by atoms with van der Waals surface area (Å²) < 4.78 is 11.8. The summed E-state index contributed by atoms with van der Waals surface area (Å²) in [7, 11) is 0. The minimum Gasteiger partial charge on any atom is -0.493 e. The fraction of sp³-hybridized carbons (Fsp3) is 0.364. The Balaban J connectivity index is 1.38. The molecule has 1 aromatic heterocycles. The molecule has 0 aliphatic carbocycles. The number of para-hydroxylation sites is 1. The second-order valence-electron chi connectivity index (χ2n) is 7.55. The number of likely N-dealkylation sites (tertiary alicyclic amines) is 1. The summed E-state index contributed by atoms with van der Waals surface area (Å²) in [5, 5.41) is 19.2. The molecule has 156 valence electrons. The molecule has 0 N–H and O–H groups in total. The predicted molar refractivity (Wildman–Crippen MR) is 111 cm³/mol. The molecular weight excluding hydrogens is 384 g/mol. The zero-order valence-electron chi connectivity index (χ0n) is 16.8. The van der Waals surface area contributed by atoms with Crippen LogP contribution in [0.1, 0.15) is 31.7 Å². The van der Waals surface area contributed by atoms with Crippen molar-refractivity contribution in [1.29, 1.82) is 0 Å². The summed E-state index contributed by atoms with van der Waals surface area (Å²) in [6.07, 6.45) is 2.23. The lowest BCUT2D eigenvalue weighted by Crippen LogP contribution is -2.39. The monoisotopic (exact) mass is 408 g/mol. The molecule has 8 heteroatoms. The smallest absolute Gasteiger partial charge is 0.269 e. The first-order chi connectivity index (χ1) is 14.6. The van der Waals surface area contributed by atoms with Gasteiger partial charge in [0, 0.05) is 30.2 Å². The lowest BCUT2D eigenvalue weighted by Gasteiger charge is -2.35. The van der Waals surface area contributed by atoms with Gasteiger partial charge in [-0.2, -0.15) is 0 Å². The maximum Gasteiger partial charge on any atom is 0.269 e. The molecule has 0 amide bonds. The highest BCUT2D eigenvalue weighted by Crippen LogP contribution is 2.29. The molecule has 0 spiro atoms. The first-order valence-corrected chi connectivity index (χ1v) is 10.1. The number of hydrogen-bond acceptors (Lipinski definition) is 7. The molecule has 30 heavy (non-hydrogen) atoms. The van der Waals surface area contributed by atoms with Crippen molar-refractivity contribution in [2.45, 2.75) is 25.8 Å². The Morgan fingerprint density at radius 3 is 2.70 bits per heavy atom. The molecule has 1 aliphatic heterocycles. The van der Waals surface area contributed by atoms with E-state index in [1.807, 2.05) is 30.3 Å². The number of aromatic nitrogens is 2. The highest BCUT2D eigenvalue weighted by Gasteiger charge is 2.28. The molecular formula is C22H24N4O4. The predicted octanol–water partition coefficient (Wildman–Crippen LogP) is 4.50. The molecule has 8 nitrogen and oxygen atoms in total. The molecule has 2 aromatic carbocycles. The van der Waals surface area contributed by atoms with E-state index < -0.39 is 4.92 Å². The van der Waals surface area contributed by atoms with Crippen molar-refractivity contribution in [1.82, 2.24) is 15.1 Å². The highest BCUT2D eigenvalue weighted by molar-refractivity contribution is 5.55. The van der Waals surface area contributed by atoms with Crippen molar-refractivity contribution in [3.63, 3.8) is 0 Å². The van der Waals surface area contributed by atoms with Crippen LogP contribution in [-0.4, -0.2) is 39.7 Å². The Bertz CT molecular complexity index is 974. The van der Waals surface area contributed by atoms with Crippen molar-refractivity contribution in [2.75, 3.05) is 19.7 Å². The third kappa shape index (κ3) is 4.65. The fourth-order valence-corrected chi connectivity index (χ4v) is 3.72. The maximum absolute atomic E-state index is 10.8. The number of nitro groups is 1. The van der Waals surface area contributed by atoms with Gasteiger partial charge in [-0.05, 0) is 50.6 Å². The van der Waals surface area contributed by atoms with Gasteiger partial charge < -0.3 is 9.15 Å². The Labute approximate surface area is 174 Å². The summed E-state index contributed by atoms with van der Waals surface area (Å²) in [5.41, 5.74) is 0.697. The summed E-state index contributed by atoms with van der Waals surface area (Å²) >= 11 is 0. The van der Waals surface area contributed by atoms with Gasteiger partial charge in [-0.25, -0.2) is 0 Å². The van der Waals surface area contributed by atoms with E-state index in [9.17, 15) is 10.1 Å². The zero-order chi connectivity index (χ0) is 20.9. The number of piperidine rings is 1. The molecule has 0 bridgehead atoms. The normalized spacial score (nSPS) is 18.1. The van der Waals surface area contributed by atoms with Crippen molar-refractivity contribution in [3.8, 4) is 17.2 Å². The van der Waals surface area contributed by atoms with E-state index in [0.717, 1.165) is 31.7 Å². The SMILES string of the molecule is CC(c1nnc(-c2ccc([N+](=O)[O-])cc2)o1)N1CCCC(COc2ccccc2)C1. The van der Waals surface area contributed by atoms with Gasteiger partial charge in [-0.3, -0.25) is 15.0 Å². The van der Waals surface area contributed by atoms with Gasteiger partial charge in [-0.1, -0.05) is 18.2 Å². The Morgan fingerprint density at radius 1 is 1.20 bits per heavy atom. The van der Waals surface area contributed by atoms with Crippen LogP contribution in [0.5, 0.6) is 5.75 Å². The van der Waals surface area contributed by atoms with E-state index >= 15 is 0 Å². The van der Waals surface area contributed by atoms with Gasteiger partial charge in [-0.15, -0.1) is 10.2 Å². The lowest BCUT2D eigenvalue weighted by atomic mass is 9.97. The van der Waals surface area contributed by atoms with Crippen LogP contribution >= 0.6 is 0 Å². The fourth-order valence-electron chi connectivity index (χ4n) is 3.72. The van der Waals surface area contributed by atoms with Crippen molar-refractivity contribution < 1.29 is 14.1 Å². The van der Waals surface area contributed by atoms with Gasteiger partial charge in [0.25, 0.3) is 5.69 Å². The molecule has 2 heterocycles. The van der Waals surface area contributed by atoms with E-state index in [0.29, 0.717) is 29.9 Å². The van der Waals surface area contributed by atoms with Crippen molar-refractivity contribution in [2.24, 2.45) is 5.92 Å². The number of rotatable bonds is 7. The van der Waals surface area contributed by atoms with E-state index in [2.05, 4.69) is 22.0 Å². The van der Waals surface area contributed by atoms with Crippen LogP contribution in [0.15, 0.2) is 59.0 Å². The quantitative estimate of drug-likeness (QED) is 0.420. The summed E-state index contributed by atoms with van der Waals surface area (Å²) in [5.74, 6) is 2.26. The van der Waals surface area contributed by atoms with Gasteiger partial charge in [0.05, 0.1) is 17.6 Å². The van der Waals surface area contributed by atoms with Gasteiger partial charge in [0.1, 0.15) is 5.75 Å². The molecule has 0 radical (unpaired) electrons. The van der Waals surface area contributed by atoms with Crippen molar-refractivity contribution in [3.05, 3.63) is 70.6 Å². The first kappa shape index (κ1) is 20.0. The Morgan fingerprint density at radius 2 is 1.97 bits per heavy atom. The molecule has 2 atom stereocenters. The number of hydrogen-bond donors (Lipinski definition) is 0. The van der Waals surface area contributed by atoms with Crippen LogP contribution in [0.2, 0.25) is 0 Å². The maximum atomic E-state index is 10.8. The molecule has 1 saturated heterocycles. The van der Waals surface area contributed by atoms with Gasteiger partial charge in [0.15, 0.2) is 0 Å². The standard InChI is InChI=1S/C22H24N4O4/c1-16(21-23-24-22(30-21)18-9-11-19(12-10-18)26(27)28)25-13-5-6-17(14-25)15-29-20-7-3-2-4-8-20/h2-4,7-12,16-17H,5-6,13-15H2,1H3. The van der Waals surface area contributed by atoms with Crippen molar-refractivity contribution >= 4 is 5.69 Å². The first-order valence-electron chi connectivity index (χ1n) is 10.1. The minimum atomic E-state index is -0.431. The molecule has 4 rings (SSSR count). The third-order valence-electron chi connectivity index (χ3n) is 5.45. The van der Waals surface area contributed by atoms with Crippen LogP contribution in [0.3, 0.4) is 0 Å². The summed E-state index contributed by atoms with van der Waals surface area (Å²) in [4.78, 5) is 12.7. The highest BCUT2D eigenvalue weighted by atomic mass is 16.6. The van der Waals surface area contributed by atoms with E-state index in [4.69, 9.17) is 9.15 Å². The van der Waals surface area contributed by atoms with Crippen LogP contribution in [-0.2, 0) is 0 Å². The Kier molecular flexibility index (Phi) is 6.04. The van der Waals surface area contributed by atoms with E-state index in [-0.39, 0.29) is 11.7 Å². The molecule has 3 aromatic rings. The number of non-ortho nitro benzene ring substituents is 1. The van der Waals surface area contributed by atoms with Crippen LogP contribution < -0.4 is 4.74 Å². The summed E-state index contributed by atoms with van der Waals surface area (Å²) in [6, 6.07) is 16.0. The molecule has 0 saturated carbocycles. The molecule has 2 unspecified atom stereocenters. The number of benzene rings is 2. The Hall–Kier alpha value is -3.26. The lowest BCUT2D eigenvalue weighted by molar-refractivity contribution is -0.384. The van der Waals surface area contributed by atoms with E-state index in [1.54, 1.807) is 12.1 Å². The third-order valence-corrected chi connectivity index (χ3v) is 5.45. The van der Waals surface area contributed by atoms with Crippen LogP contribution in [0.4, 0.5) is 5.69 Å². The topological polar surface area (TPSA) is 94.5 Å². The minimum absolute atomic E-state index is 0.0103. The van der Waals surface area contributed by atoms with Gasteiger partial charge >= 0.3 is 0 Å². The van der Waals surface area contributed by atoms with Crippen LogP contribution in [0, 0.1) is 16.0 Å². The van der Waals surface area contributed by atoms with Crippen LogP contribution in [0.25, 0.3) is 11.5 Å². The number of ether oxygens (including phenoxy) is 1. The van der Waals surface area contributed by atoms with Gasteiger partial charge in [0.2, 0.25) is 11.8 Å². The summed E-state index contributed by atoms with van der Waals surface area (Å²) in [6.45, 7) is 4.63. The second kappa shape index (κ2) is 9.04. The zero-order valence-corrected chi connectivity index (χ0v) is 16.8. The second-order valence-corrected chi connectivity index (χ2v) is 7.55. The molecule has 1 aliphatic rings.